The Hall–Kier alpha value is -1.21. The Balaban J connectivity index is 2.14. The first-order valence-electron chi connectivity index (χ1n) is 5.76. The number of nitrogens with two attached hydrogens (primary N) is 1. The summed E-state index contributed by atoms with van der Waals surface area (Å²) in [4.78, 5) is 0. The van der Waals surface area contributed by atoms with E-state index in [4.69, 9.17) is 5.73 Å². The lowest BCUT2D eigenvalue weighted by atomic mass is 10.1. The Morgan fingerprint density at radius 3 is 2.42 bits per heavy atom. The zero-order chi connectivity index (χ0) is 13.9. The second kappa shape index (κ2) is 5.83. The molecular formula is C13H15NO3S2. The molecule has 0 spiro atoms. The van der Waals surface area contributed by atoms with E-state index in [9.17, 15) is 13.5 Å². The van der Waals surface area contributed by atoms with Gasteiger partial charge < -0.3 is 10.8 Å². The lowest BCUT2D eigenvalue weighted by molar-refractivity contribution is 0.201. The van der Waals surface area contributed by atoms with Crippen molar-refractivity contribution in [3.05, 3.63) is 52.9 Å². The molecule has 0 saturated carbocycles. The zero-order valence-electron chi connectivity index (χ0n) is 10.2. The molecule has 1 atom stereocenters. The van der Waals surface area contributed by atoms with E-state index in [0.29, 0.717) is 12.1 Å². The van der Waals surface area contributed by atoms with Crippen LogP contribution in [0.2, 0.25) is 0 Å². The van der Waals surface area contributed by atoms with Crippen LogP contribution in [-0.2, 0) is 16.4 Å². The number of hydrogen-bond acceptors (Lipinski definition) is 5. The Morgan fingerprint density at radius 1 is 1.21 bits per heavy atom. The fourth-order valence-corrected chi connectivity index (χ4v) is 4.17. The lowest BCUT2D eigenvalue weighted by Crippen LogP contribution is -2.14. The van der Waals surface area contributed by atoms with Gasteiger partial charge >= 0.3 is 0 Å². The van der Waals surface area contributed by atoms with Crippen LogP contribution in [0.25, 0.3) is 0 Å². The topological polar surface area (TPSA) is 80.4 Å². The molecule has 1 unspecified atom stereocenters. The molecule has 6 heteroatoms. The van der Waals surface area contributed by atoms with Crippen LogP contribution in [0.15, 0.2) is 46.0 Å². The summed E-state index contributed by atoms with van der Waals surface area (Å²) in [6, 6.07) is 10.2. The highest BCUT2D eigenvalue weighted by Gasteiger charge is 2.21. The largest absolute Gasteiger partial charge is 0.387 e. The summed E-state index contributed by atoms with van der Waals surface area (Å²) in [6.45, 7) is 0.421. The number of aliphatic hydroxyl groups excluding tert-OH is 1. The summed E-state index contributed by atoms with van der Waals surface area (Å²) >= 11 is 1.16. The van der Waals surface area contributed by atoms with Gasteiger partial charge in [-0.05, 0) is 22.6 Å². The van der Waals surface area contributed by atoms with Crippen LogP contribution in [0.3, 0.4) is 0 Å². The van der Waals surface area contributed by atoms with Crippen molar-refractivity contribution in [2.45, 2.75) is 16.9 Å². The predicted molar refractivity (Wildman–Crippen MR) is 75.7 cm³/mol. The van der Waals surface area contributed by atoms with Crippen molar-refractivity contribution < 1.29 is 13.5 Å². The maximum atomic E-state index is 12.0. The van der Waals surface area contributed by atoms with E-state index in [-0.39, 0.29) is 9.96 Å². The molecule has 4 nitrogen and oxygen atoms in total. The van der Waals surface area contributed by atoms with Gasteiger partial charge in [-0.3, -0.25) is 0 Å². The number of hydrogen-bond donors (Lipinski definition) is 2. The highest BCUT2D eigenvalue weighted by molar-refractivity contribution is 7.93. The van der Waals surface area contributed by atoms with Crippen LogP contribution in [0.1, 0.15) is 17.2 Å². The van der Waals surface area contributed by atoms with Crippen molar-refractivity contribution in [2.75, 3.05) is 5.75 Å². The molecule has 0 bridgehead atoms. The number of aliphatic hydroxyl groups is 1. The molecule has 0 aliphatic rings. The van der Waals surface area contributed by atoms with Gasteiger partial charge in [0.2, 0.25) is 0 Å². The normalized spacial score (nSPS) is 13.4. The van der Waals surface area contributed by atoms with Gasteiger partial charge in [-0.25, -0.2) is 8.42 Å². The van der Waals surface area contributed by atoms with Gasteiger partial charge in [0.15, 0.2) is 9.84 Å². The van der Waals surface area contributed by atoms with Crippen LogP contribution < -0.4 is 5.73 Å². The minimum absolute atomic E-state index is 0.283. The monoisotopic (exact) mass is 297 g/mol. The number of benzene rings is 1. The van der Waals surface area contributed by atoms with E-state index in [1.807, 2.05) is 0 Å². The third-order valence-corrected chi connectivity index (χ3v) is 5.99. The van der Waals surface area contributed by atoms with Crippen molar-refractivity contribution >= 4 is 21.2 Å². The van der Waals surface area contributed by atoms with Gasteiger partial charge in [0.1, 0.15) is 4.21 Å². The summed E-state index contributed by atoms with van der Waals surface area (Å²) < 4.78 is 24.3. The van der Waals surface area contributed by atoms with Crippen LogP contribution in [0.5, 0.6) is 0 Å². The maximum Gasteiger partial charge on any atom is 0.190 e. The third-order valence-electron chi connectivity index (χ3n) is 2.78. The first-order valence-corrected chi connectivity index (χ1v) is 8.29. The van der Waals surface area contributed by atoms with Crippen molar-refractivity contribution in [1.82, 2.24) is 0 Å². The van der Waals surface area contributed by atoms with Gasteiger partial charge in [-0.1, -0.05) is 30.3 Å². The standard InChI is InChI=1S/C13H15NO3S2/c14-8-10-3-5-11(6-4-10)12(15)9-19(16,17)13-2-1-7-18-13/h1-7,12,15H,8-9,14H2. The first kappa shape index (κ1) is 14.2. The fourth-order valence-electron chi connectivity index (χ4n) is 1.70. The van der Waals surface area contributed by atoms with E-state index in [0.717, 1.165) is 16.9 Å². The first-order chi connectivity index (χ1) is 9.03. The molecule has 19 heavy (non-hydrogen) atoms. The molecule has 102 valence electrons. The summed E-state index contributed by atoms with van der Waals surface area (Å²) in [5.41, 5.74) is 7.01. The quantitative estimate of drug-likeness (QED) is 0.880. The molecule has 1 aromatic carbocycles. The molecule has 0 fully saturated rings. The molecule has 0 amide bonds. The number of thiophene rings is 1. The van der Waals surface area contributed by atoms with Crippen molar-refractivity contribution in [2.24, 2.45) is 5.73 Å². The van der Waals surface area contributed by atoms with Crippen molar-refractivity contribution in [3.63, 3.8) is 0 Å². The molecule has 0 aliphatic heterocycles. The molecule has 1 aromatic heterocycles. The third kappa shape index (κ3) is 3.42. The van der Waals surface area contributed by atoms with E-state index in [1.54, 1.807) is 41.8 Å². The second-order valence-corrected chi connectivity index (χ2v) is 7.38. The summed E-state index contributed by atoms with van der Waals surface area (Å²) in [5.74, 6) is -0.310. The van der Waals surface area contributed by atoms with E-state index >= 15 is 0 Å². The Kier molecular flexibility index (Phi) is 4.36. The fraction of sp³-hybridized carbons (Fsp3) is 0.231. The average molecular weight is 297 g/mol. The van der Waals surface area contributed by atoms with Crippen LogP contribution >= 0.6 is 11.3 Å². The van der Waals surface area contributed by atoms with Gasteiger partial charge in [-0.2, -0.15) is 0 Å². The van der Waals surface area contributed by atoms with E-state index in [1.165, 1.54) is 0 Å². The molecule has 0 aliphatic carbocycles. The molecule has 2 rings (SSSR count). The highest BCUT2D eigenvalue weighted by atomic mass is 32.2. The second-order valence-electron chi connectivity index (χ2n) is 4.18. The smallest absolute Gasteiger partial charge is 0.190 e. The summed E-state index contributed by atoms with van der Waals surface area (Å²) in [6.07, 6.45) is -1.03. The lowest BCUT2D eigenvalue weighted by Gasteiger charge is -2.11. The molecule has 3 N–H and O–H groups in total. The average Bonchev–Trinajstić information content (AvgIpc) is 2.93. The van der Waals surface area contributed by atoms with E-state index in [2.05, 4.69) is 0 Å². The Bertz CT molecular complexity index is 618. The van der Waals surface area contributed by atoms with Crippen LogP contribution in [0.4, 0.5) is 0 Å². The van der Waals surface area contributed by atoms with Gasteiger partial charge in [0, 0.05) is 6.54 Å². The summed E-state index contributed by atoms with van der Waals surface area (Å²) in [5, 5.41) is 11.7. The number of sulfone groups is 1. The van der Waals surface area contributed by atoms with Gasteiger partial charge in [0.25, 0.3) is 0 Å². The van der Waals surface area contributed by atoms with Gasteiger partial charge in [-0.15, -0.1) is 11.3 Å². The SMILES string of the molecule is NCc1ccc(C(O)CS(=O)(=O)c2cccs2)cc1. The minimum atomic E-state index is -3.44. The summed E-state index contributed by atoms with van der Waals surface area (Å²) in [7, 11) is -3.44. The minimum Gasteiger partial charge on any atom is -0.387 e. The van der Waals surface area contributed by atoms with Crippen LogP contribution in [-0.4, -0.2) is 19.3 Å². The molecule has 2 aromatic rings. The van der Waals surface area contributed by atoms with Crippen LogP contribution in [0, 0.1) is 0 Å². The molecule has 0 saturated heterocycles. The number of rotatable bonds is 5. The Morgan fingerprint density at radius 2 is 1.89 bits per heavy atom. The maximum absolute atomic E-state index is 12.0. The highest BCUT2D eigenvalue weighted by Crippen LogP contribution is 2.23. The van der Waals surface area contributed by atoms with Gasteiger partial charge in [0.05, 0.1) is 11.9 Å². The van der Waals surface area contributed by atoms with Crippen molar-refractivity contribution in [3.8, 4) is 0 Å². The molecule has 0 radical (unpaired) electrons. The molecular weight excluding hydrogens is 282 g/mol. The molecule has 1 heterocycles. The van der Waals surface area contributed by atoms with E-state index < -0.39 is 15.9 Å². The predicted octanol–water partition coefficient (Wildman–Crippen LogP) is 1.71. The Labute approximate surface area is 116 Å². The zero-order valence-corrected chi connectivity index (χ0v) is 11.8. The van der Waals surface area contributed by atoms with Crippen molar-refractivity contribution in [1.29, 1.82) is 0 Å².